The zero-order valence-electron chi connectivity index (χ0n) is 12.6. The van der Waals surface area contributed by atoms with Crippen molar-refractivity contribution in [1.82, 2.24) is 9.80 Å². The van der Waals surface area contributed by atoms with Gasteiger partial charge in [-0.25, -0.2) is 4.39 Å². The van der Waals surface area contributed by atoms with E-state index in [1.54, 1.807) is 12.1 Å². The molecule has 0 radical (unpaired) electrons. The molecular formula is C16H26FN3. The van der Waals surface area contributed by atoms with Gasteiger partial charge in [-0.1, -0.05) is 26.0 Å². The van der Waals surface area contributed by atoms with Gasteiger partial charge in [0.1, 0.15) is 5.82 Å². The maximum Gasteiger partial charge on any atom is 0.123 e. The molecule has 2 N–H and O–H groups in total. The van der Waals surface area contributed by atoms with Gasteiger partial charge in [0.15, 0.2) is 0 Å². The van der Waals surface area contributed by atoms with Crippen LogP contribution in [0.15, 0.2) is 24.3 Å². The summed E-state index contributed by atoms with van der Waals surface area (Å²) in [5, 5.41) is 0. The van der Waals surface area contributed by atoms with E-state index in [1.165, 1.54) is 12.5 Å². The lowest BCUT2D eigenvalue weighted by Gasteiger charge is -2.30. The van der Waals surface area contributed by atoms with Gasteiger partial charge in [0.2, 0.25) is 0 Å². The number of likely N-dealkylation sites (N-methyl/N-ethyl adjacent to an activating group) is 1. The van der Waals surface area contributed by atoms with E-state index < -0.39 is 0 Å². The Balaban J connectivity index is 2.06. The molecule has 0 spiro atoms. The minimum atomic E-state index is -0.180. The van der Waals surface area contributed by atoms with Crippen LogP contribution in [0.2, 0.25) is 0 Å². The first kappa shape index (κ1) is 15.4. The zero-order valence-corrected chi connectivity index (χ0v) is 12.6. The lowest BCUT2D eigenvalue weighted by atomic mass is 10.1. The van der Waals surface area contributed by atoms with Gasteiger partial charge in [-0.05, 0) is 37.2 Å². The average Bonchev–Trinajstić information content (AvgIpc) is 2.91. The number of hydrogen-bond donors (Lipinski definition) is 1. The third-order valence-electron chi connectivity index (χ3n) is 4.42. The summed E-state index contributed by atoms with van der Waals surface area (Å²) in [6.07, 6.45) is 1.17. The van der Waals surface area contributed by atoms with Gasteiger partial charge in [0.05, 0.1) is 0 Å². The molecule has 3 nitrogen and oxygen atoms in total. The van der Waals surface area contributed by atoms with Gasteiger partial charge in [-0.2, -0.15) is 0 Å². The van der Waals surface area contributed by atoms with Crippen LogP contribution in [0, 0.1) is 5.82 Å². The van der Waals surface area contributed by atoms with Gasteiger partial charge in [-0.3, -0.25) is 9.80 Å². The van der Waals surface area contributed by atoms with Crippen LogP contribution in [-0.2, 0) is 0 Å². The first-order chi connectivity index (χ1) is 9.69. The van der Waals surface area contributed by atoms with Crippen LogP contribution in [0.3, 0.4) is 0 Å². The summed E-state index contributed by atoms with van der Waals surface area (Å²) in [6, 6.07) is 7.58. The summed E-state index contributed by atoms with van der Waals surface area (Å²) in [4.78, 5) is 4.90. The molecule has 20 heavy (non-hydrogen) atoms. The minimum absolute atomic E-state index is 0.131. The van der Waals surface area contributed by atoms with Crippen molar-refractivity contribution in [2.75, 3.05) is 32.7 Å². The van der Waals surface area contributed by atoms with E-state index in [0.717, 1.165) is 31.7 Å². The second-order valence-electron chi connectivity index (χ2n) is 5.47. The van der Waals surface area contributed by atoms with Crippen LogP contribution < -0.4 is 5.73 Å². The van der Waals surface area contributed by atoms with E-state index in [4.69, 9.17) is 5.73 Å². The highest BCUT2D eigenvalue weighted by Crippen LogP contribution is 2.26. The number of likely N-dealkylation sites (tertiary alicyclic amines) is 1. The van der Waals surface area contributed by atoms with Crippen LogP contribution in [0.4, 0.5) is 4.39 Å². The highest BCUT2D eigenvalue weighted by Gasteiger charge is 2.30. The van der Waals surface area contributed by atoms with Crippen molar-refractivity contribution in [3.8, 4) is 0 Å². The predicted molar refractivity (Wildman–Crippen MR) is 81.1 cm³/mol. The molecule has 0 bridgehead atoms. The van der Waals surface area contributed by atoms with Crippen molar-refractivity contribution in [3.63, 3.8) is 0 Å². The molecule has 1 fully saturated rings. The molecule has 112 valence electrons. The van der Waals surface area contributed by atoms with E-state index in [1.807, 2.05) is 6.07 Å². The summed E-state index contributed by atoms with van der Waals surface area (Å²) < 4.78 is 13.4. The zero-order chi connectivity index (χ0) is 14.5. The van der Waals surface area contributed by atoms with Crippen LogP contribution >= 0.6 is 0 Å². The molecule has 2 unspecified atom stereocenters. The Morgan fingerprint density at radius 1 is 1.40 bits per heavy atom. The molecule has 0 aliphatic carbocycles. The Hall–Kier alpha value is -0.970. The summed E-state index contributed by atoms with van der Waals surface area (Å²) in [7, 11) is 0. The molecule has 1 aliphatic heterocycles. The maximum absolute atomic E-state index is 13.4. The van der Waals surface area contributed by atoms with Crippen molar-refractivity contribution in [3.05, 3.63) is 35.6 Å². The van der Waals surface area contributed by atoms with Gasteiger partial charge in [0, 0.05) is 31.7 Å². The van der Waals surface area contributed by atoms with Crippen molar-refractivity contribution in [1.29, 1.82) is 0 Å². The van der Waals surface area contributed by atoms with Gasteiger partial charge in [-0.15, -0.1) is 0 Å². The average molecular weight is 279 g/mol. The van der Waals surface area contributed by atoms with E-state index in [-0.39, 0.29) is 11.9 Å². The molecule has 1 aromatic rings. The molecule has 0 amide bonds. The van der Waals surface area contributed by atoms with Crippen LogP contribution in [0.1, 0.15) is 31.9 Å². The number of nitrogens with two attached hydrogens (primary N) is 1. The van der Waals surface area contributed by atoms with Crippen molar-refractivity contribution in [2.45, 2.75) is 32.4 Å². The molecule has 1 aromatic carbocycles. The molecule has 0 aromatic heterocycles. The lowest BCUT2D eigenvalue weighted by Crippen LogP contribution is -2.39. The SMILES string of the molecule is CCN(CC)C1CCN(C(CN)c2cccc(F)c2)C1. The van der Waals surface area contributed by atoms with Gasteiger partial charge in [0.25, 0.3) is 0 Å². The molecule has 1 aliphatic rings. The smallest absolute Gasteiger partial charge is 0.123 e. The molecular weight excluding hydrogens is 253 g/mol. The maximum atomic E-state index is 13.4. The minimum Gasteiger partial charge on any atom is -0.329 e. The highest BCUT2D eigenvalue weighted by molar-refractivity contribution is 5.21. The van der Waals surface area contributed by atoms with Gasteiger partial charge < -0.3 is 5.73 Å². The van der Waals surface area contributed by atoms with E-state index in [0.29, 0.717) is 12.6 Å². The Morgan fingerprint density at radius 3 is 2.75 bits per heavy atom. The fourth-order valence-corrected chi connectivity index (χ4v) is 3.30. The van der Waals surface area contributed by atoms with Crippen LogP contribution in [-0.4, -0.2) is 48.6 Å². The van der Waals surface area contributed by atoms with Crippen molar-refractivity contribution < 1.29 is 4.39 Å². The topological polar surface area (TPSA) is 32.5 Å². The summed E-state index contributed by atoms with van der Waals surface area (Å²) in [5.74, 6) is -0.180. The summed E-state index contributed by atoms with van der Waals surface area (Å²) in [5.41, 5.74) is 6.94. The summed E-state index contributed by atoms with van der Waals surface area (Å²) in [6.45, 7) is 9.19. The second-order valence-corrected chi connectivity index (χ2v) is 5.47. The molecule has 2 atom stereocenters. The van der Waals surface area contributed by atoms with Crippen LogP contribution in [0.5, 0.6) is 0 Å². The van der Waals surface area contributed by atoms with Gasteiger partial charge >= 0.3 is 0 Å². The number of halogens is 1. The molecule has 1 heterocycles. The fraction of sp³-hybridized carbons (Fsp3) is 0.625. The Labute approximate surface area is 121 Å². The van der Waals surface area contributed by atoms with Crippen molar-refractivity contribution >= 4 is 0 Å². The monoisotopic (exact) mass is 279 g/mol. The largest absolute Gasteiger partial charge is 0.329 e. The fourth-order valence-electron chi connectivity index (χ4n) is 3.30. The Bertz CT molecular complexity index is 420. The second kappa shape index (κ2) is 7.16. The quantitative estimate of drug-likeness (QED) is 0.867. The third kappa shape index (κ3) is 3.37. The first-order valence-electron chi connectivity index (χ1n) is 7.63. The number of hydrogen-bond acceptors (Lipinski definition) is 3. The number of benzene rings is 1. The highest BCUT2D eigenvalue weighted by atomic mass is 19.1. The molecule has 1 saturated heterocycles. The van der Waals surface area contributed by atoms with E-state index in [9.17, 15) is 4.39 Å². The lowest BCUT2D eigenvalue weighted by molar-refractivity contribution is 0.189. The standard InChI is InChI=1S/C16H26FN3/c1-3-19(4-2)15-8-9-20(12-15)16(11-18)13-6-5-7-14(17)10-13/h5-7,10,15-16H,3-4,8-9,11-12,18H2,1-2H3. The first-order valence-corrected chi connectivity index (χ1v) is 7.63. The van der Waals surface area contributed by atoms with Crippen LogP contribution in [0.25, 0.3) is 0 Å². The molecule has 2 rings (SSSR count). The van der Waals surface area contributed by atoms with E-state index in [2.05, 4.69) is 23.6 Å². The van der Waals surface area contributed by atoms with Crippen molar-refractivity contribution in [2.24, 2.45) is 5.73 Å². The number of rotatable bonds is 6. The Kier molecular flexibility index (Phi) is 5.52. The Morgan fingerprint density at radius 2 is 2.15 bits per heavy atom. The van der Waals surface area contributed by atoms with E-state index >= 15 is 0 Å². The predicted octanol–water partition coefficient (Wildman–Crippen LogP) is 2.24. The normalized spacial score (nSPS) is 21.6. The third-order valence-corrected chi connectivity index (χ3v) is 4.42. The molecule has 4 heteroatoms. The molecule has 0 saturated carbocycles. The summed E-state index contributed by atoms with van der Waals surface area (Å²) >= 11 is 0. The number of nitrogens with zero attached hydrogens (tertiary/aromatic N) is 2.